The molecular weight excluding hydrogens is 224 g/mol. The van der Waals surface area contributed by atoms with Crippen LogP contribution in [0.2, 0.25) is 0 Å². The molecule has 0 spiro atoms. The van der Waals surface area contributed by atoms with E-state index in [1.807, 2.05) is 23.1 Å². The molecule has 1 N–H and O–H groups in total. The fourth-order valence-corrected chi connectivity index (χ4v) is 2.71. The molecule has 1 fully saturated rings. The van der Waals surface area contributed by atoms with Gasteiger partial charge in [0.1, 0.15) is 0 Å². The number of benzene rings is 1. The lowest BCUT2D eigenvalue weighted by Crippen LogP contribution is -2.36. The Bertz CT molecular complexity index is 454. The molecule has 0 saturated heterocycles. The number of hydrogen-bond acceptors (Lipinski definition) is 2. The second-order valence-corrected chi connectivity index (χ2v) is 5.41. The maximum absolute atomic E-state index is 12.6. The molecular formula is C15H20N2O. The van der Waals surface area contributed by atoms with E-state index in [2.05, 4.69) is 18.3 Å². The largest absolute Gasteiger partial charge is 0.383 e. The zero-order chi connectivity index (χ0) is 12.5. The molecule has 0 aromatic heterocycles. The van der Waals surface area contributed by atoms with Crippen molar-refractivity contribution in [3.63, 3.8) is 0 Å². The Morgan fingerprint density at radius 3 is 2.94 bits per heavy atom. The van der Waals surface area contributed by atoms with Gasteiger partial charge in [-0.2, -0.15) is 0 Å². The minimum absolute atomic E-state index is 0.177. The van der Waals surface area contributed by atoms with Gasteiger partial charge in [-0.1, -0.05) is 19.1 Å². The highest BCUT2D eigenvalue weighted by Gasteiger charge is 2.35. The normalized spacial score (nSPS) is 20.6. The molecule has 0 bridgehead atoms. The van der Waals surface area contributed by atoms with Crippen molar-refractivity contribution < 1.29 is 4.79 Å². The van der Waals surface area contributed by atoms with Crippen molar-refractivity contribution in [1.82, 2.24) is 0 Å². The number of nitrogens with zero attached hydrogens (tertiary/aromatic N) is 1. The van der Waals surface area contributed by atoms with Crippen LogP contribution < -0.4 is 10.2 Å². The molecule has 1 atom stereocenters. The number of amides is 1. The van der Waals surface area contributed by atoms with Crippen molar-refractivity contribution in [3.05, 3.63) is 24.3 Å². The van der Waals surface area contributed by atoms with Crippen LogP contribution in [0.25, 0.3) is 0 Å². The zero-order valence-electron chi connectivity index (χ0n) is 10.9. The van der Waals surface area contributed by atoms with Gasteiger partial charge in [0.25, 0.3) is 0 Å². The molecule has 18 heavy (non-hydrogen) atoms. The number of carbonyl (C=O) groups excluding carboxylic acids is 1. The summed E-state index contributed by atoms with van der Waals surface area (Å²) in [6, 6.07) is 8.13. The molecule has 3 heteroatoms. The fraction of sp³-hybridized carbons (Fsp3) is 0.533. The van der Waals surface area contributed by atoms with Gasteiger partial charge in [-0.25, -0.2) is 0 Å². The summed E-state index contributed by atoms with van der Waals surface area (Å²) in [5.74, 6) is 1.10. The van der Waals surface area contributed by atoms with E-state index in [0.29, 0.717) is 11.8 Å². The van der Waals surface area contributed by atoms with E-state index in [-0.39, 0.29) is 5.92 Å². The van der Waals surface area contributed by atoms with Crippen LogP contribution in [0, 0.1) is 11.8 Å². The lowest BCUT2D eigenvalue weighted by atomic mass is 10.0. The third-order valence-corrected chi connectivity index (χ3v) is 4.05. The molecule has 1 heterocycles. The van der Waals surface area contributed by atoms with Gasteiger partial charge in [-0.15, -0.1) is 0 Å². The van der Waals surface area contributed by atoms with Crippen molar-refractivity contribution >= 4 is 17.3 Å². The quantitative estimate of drug-likeness (QED) is 0.867. The summed E-state index contributed by atoms with van der Waals surface area (Å²) in [4.78, 5) is 14.6. The Kier molecular flexibility index (Phi) is 2.98. The summed E-state index contributed by atoms with van der Waals surface area (Å²) in [5, 5.41) is 3.40. The summed E-state index contributed by atoms with van der Waals surface area (Å²) in [5.41, 5.74) is 2.14. The minimum atomic E-state index is 0.177. The summed E-state index contributed by atoms with van der Waals surface area (Å²) in [7, 11) is 0. The standard InChI is InChI=1S/C15H20N2O/c1-11(12-7-8-12)15(18)17-10-4-9-16-13-5-2-3-6-14(13)17/h2-3,5-6,11-12,16H,4,7-10H2,1H3. The predicted octanol–water partition coefficient (Wildman–Crippen LogP) is 2.88. The van der Waals surface area contributed by atoms with Gasteiger partial charge in [0.15, 0.2) is 0 Å². The van der Waals surface area contributed by atoms with Crippen LogP contribution in [0.1, 0.15) is 26.2 Å². The Labute approximate surface area is 108 Å². The molecule has 3 nitrogen and oxygen atoms in total. The van der Waals surface area contributed by atoms with E-state index in [0.717, 1.165) is 30.9 Å². The molecule has 1 aliphatic carbocycles. The van der Waals surface area contributed by atoms with Gasteiger partial charge in [0.2, 0.25) is 5.91 Å². The molecule has 3 rings (SSSR count). The monoisotopic (exact) mass is 244 g/mol. The molecule has 2 aliphatic rings. The third-order valence-electron chi connectivity index (χ3n) is 4.05. The van der Waals surface area contributed by atoms with Crippen molar-refractivity contribution in [3.8, 4) is 0 Å². The zero-order valence-corrected chi connectivity index (χ0v) is 10.9. The summed E-state index contributed by atoms with van der Waals surface area (Å²) >= 11 is 0. The summed E-state index contributed by atoms with van der Waals surface area (Å²) in [6.07, 6.45) is 3.46. The smallest absolute Gasteiger partial charge is 0.230 e. The Morgan fingerprint density at radius 2 is 2.17 bits per heavy atom. The van der Waals surface area contributed by atoms with Crippen LogP contribution in [-0.2, 0) is 4.79 Å². The molecule has 96 valence electrons. The van der Waals surface area contributed by atoms with Gasteiger partial charge in [-0.05, 0) is 37.3 Å². The van der Waals surface area contributed by atoms with Gasteiger partial charge in [0, 0.05) is 19.0 Å². The second-order valence-electron chi connectivity index (χ2n) is 5.41. The highest BCUT2D eigenvalue weighted by molar-refractivity contribution is 5.98. The lowest BCUT2D eigenvalue weighted by molar-refractivity contribution is -0.122. The van der Waals surface area contributed by atoms with Crippen LogP contribution >= 0.6 is 0 Å². The van der Waals surface area contributed by atoms with Crippen LogP contribution in [0.15, 0.2) is 24.3 Å². The highest BCUT2D eigenvalue weighted by Crippen LogP contribution is 2.39. The first kappa shape index (κ1) is 11.6. The topological polar surface area (TPSA) is 32.3 Å². The van der Waals surface area contributed by atoms with Gasteiger partial charge in [-0.3, -0.25) is 4.79 Å². The summed E-state index contributed by atoms with van der Waals surface area (Å²) in [6.45, 7) is 3.86. The van der Waals surface area contributed by atoms with Gasteiger partial charge >= 0.3 is 0 Å². The first-order valence-electron chi connectivity index (χ1n) is 6.91. The Morgan fingerprint density at radius 1 is 1.39 bits per heavy atom. The van der Waals surface area contributed by atoms with Crippen LogP contribution in [-0.4, -0.2) is 19.0 Å². The average molecular weight is 244 g/mol. The Balaban J connectivity index is 1.88. The van der Waals surface area contributed by atoms with E-state index in [4.69, 9.17) is 0 Å². The number of fused-ring (bicyclic) bond motifs is 1. The van der Waals surface area contributed by atoms with Crippen LogP contribution in [0.5, 0.6) is 0 Å². The average Bonchev–Trinajstić information content (AvgIpc) is 3.23. The SMILES string of the molecule is CC(C(=O)N1CCCNc2ccccc21)C1CC1. The highest BCUT2D eigenvalue weighted by atomic mass is 16.2. The Hall–Kier alpha value is -1.51. The van der Waals surface area contributed by atoms with Gasteiger partial charge in [0.05, 0.1) is 11.4 Å². The second kappa shape index (κ2) is 4.63. The molecule has 1 unspecified atom stereocenters. The summed E-state index contributed by atoms with van der Waals surface area (Å²) < 4.78 is 0. The number of hydrogen-bond donors (Lipinski definition) is 1. The first-order valence-corrected chi connectivity index (χ1v) is 6.91. The maximum atomic E-state index is 12.6. The molecule has 1 amide bonds. The van der Waals surface area contributed by atoms with E-state index < -0.39 is 0 Å². The minimum Gasteiger partial charge on any atom is -0.383 e. The number of carbonyl (C=O) groups is 1. The number of rotatable bonds is 2. The maximum Gasteiger partial charge on any atom is 0.230 e. The molecule has 1 aromatic rings. The van der Waals surface area contributed by atoms with E-state index in [9.17, 15) is 4.79 Å². The third kappa shape index (κ3) is 2.09. The van der Waals surface area contributed by atoms with Crippen molar-refractivity contribution in [2.24, 2.45) is 11.8 Å². The first-order chi connectivity index (χ1) is 8.77. The number of para-hydroxylation sites is 2. The fourth-order valence-electron chi connectivity index (χ4n) is 2.71. The molecule has 1 saturated carbocycles. The lowest BCUT2D eigenvalue weighted by Gasteiger charge is -2.25. The predicted molar refractivity (Wildman–Crippen MR) is 73.8 cm³/mol. The van der Waals surface area contributed by atoms with E-state index >= 15 is 0 Å². The molecule has 1 aliphatic heterocycles. The number of anilines is 2. The van der Waals surface area contributed by atoms with Crippen LogP contribution in [0.4, 0.5) is 11.4 Å². The number of nitrogens with one attached hydrogen (secondary N) is 1. The molecule has 1 aromatic carbocycles. The van der Waals surface area contributed by atoms with E-state index in [1.54, 1.807) is 0 Å². The van der Waals surface area contributed by atoms with Crippen LogP contribution in [0.3, 0.4) is 0 Å². The van der Waals surface area contributed by atoms with Crippen molar-refractivity contribution in [2.45, 2.75) is 26.2 Å². The van der Waals surface area contributed by atoms with Crippen molar-refractivity contribution in [1.29, 1.82) is 0 Å². The van der Waals surface area contributed by atoms with Crippen molar-refractivity contribution in [2.75, 3.05) is 23.3 Å². The van der Waals surface area contributed by atoms with E-state index in [1.165, 1.54) is 12.8 Å². The molecule has 0 radical (unpaired) electrons. The van der Waals surface area contributed by atoms with Gasteiger partial charge < -0.3 is 10.2 Å².